The van der Waals surface area contributed by atoms with E-state index in [1.54, 1.807) is 24.3 Å². The fourth-order valence-electron chi connectivity index (χ4n) is 1.57. The predicted molar refractivity (Wildman–Crippen MR) is 73.8 cm³/mol. The summed E-state index contributed by atoms with van der Waals surface area (Å²) in [5.74, 6) is 0. The first kappa shape index (κ1) is 13.3. The van der Waals surface area contributed by atoms with Crippen molar-refractivity contribution in [1.82, 2.24) is 9.29 Å². The van der Waals surface area contributed by atoms with E-state index in [-0.39, 0.29) is 4.90 Å². The van der Waals surface area contributed by atoms with Gasteiger partial charge >= 0.3 is 0 Å². The fourth-order valence-corrected chi connectivity index (χ4v) is 3.59. The van der Waals surface area contributed by atoms with Crippen molar-refractivity contribution in [3.05, 3.63) is 53.3 Å². The number of benzene rings is 1. The van der Waals surface area contributed by atoms with Crippen molar-refractivity contribution in [3.63, 3.8) is 0 Å². The van der Waals surface area contributed by atoms with Crippen LogP contribution in [-0.4, -0.2) is 19.5 Å². The van der Waals surface area contributed by atoms with Crippen LogP contribution in [0.4, 0.5) is 0 Å². The molecule has 0 amide bonds. The van der Waals surface area contributed by atoms with Gasteiger partial charge in [-0.3, -0.25) is 0 Å². The van der Waals surface area contributed by atoms with Crippen LogP contribution < -0.4 is 4.72 Å². The van der Waals surface area contributed by atoms with E-state index >= 15 is 0 Å². The molecule has 0 bridgehead atoms. The smallest absolute Gasteiger partial charge is 0.241 e. The van der Waals surface area contributed by atoms with E-state index in [4.69, 9.17) is 0 Å². The number of sulfonamides is 1. The summed E-state index contributed by atoms with van der Waals surface area (Å²) >= 11 is 3.24. The Hall–Kier alpha value is -1.11. The highest BCUT2D eigenvalue weighted by molar-refractivity contribution is 9.10. The van der Waals surface area contributed by atoms with Crippen LogP contribution in [0.2, 0.25) is 0 Å². The summed E-state index contributed by atoms with van der Waals surface area (Å²) < 4.78 is 29.1. The highest BCUT2D eigenvalue weighted by Gasteiger charge is 2.15. The Morgan fingerprint density at radius 1 is 1.11 bits per heavy atom. The number of halogens is 1. The van der Waals surface area contributed by atoms with Crippen molar-refractivity contribution in [3.8, 4) is 0 Å². The molecule has 2 aromatic rings. The summed E-state index contributed by atoms with van der Waals surface area (Å²) in [6, 6.07) is 10.6. The van der Waals surface area contributed by atoms with Crippen molar-refractivity contribution in [2.45, 2.75) is 11.4 Å². The Balaban J connectivity index is 2.02. The average Bonchev–Trinajstić information content (AvgIpc) is 2.82. The highest BCUT2D eigenvalue weighted by atomic mass is 79.9. The van der Waals surface area contributed by atoms with Gasteiger partial charge in [-0.2, -0.15) is 0 Å². The van der Waals surface area contributed by atoms with Gasteiger partial charge in [-0.1, -0.05) is 12.1 Å². The molecule has 4 nitrogen and oxygen atoms in total. The molecular weight excluding hydrogens is 316 g/mol. The van der Waals surface area contributed by atoms with Crippen LogP contribution in [-0.2, 0) is 16.6 Å². The standard InChI is InChI=1S/C12H13BrN2O2S/c13-11-5-1-2-6-12(11)18(16,17)14-7-10-15-8-3-4-9-15/h1-6,8-9,14H,7,10H2. The van der Waals surface area contributed by atoms with Crippen molar-refractivity contribution in [2.24, 2.45) is 0 Å². The molecule has 0 spiro atoms. The molecule has 6 heteroatoms. The third-order valence-corrected chi connectivity index (χ3v) is 4.93. The second-order valence-corrected chi connectivity index (χ2v) is 6.34. The molecule has 2 rings (SSSR count). The summed E-state index contributed by atoms with van der Waals surface area (Å²) in [6.45, 7) is 0.967. The second kappa shape index (κ2) is 5.69. The first-order chi connectivity index (χ1) is 8.59. The van der Waals surface area contributed by atoms with E-state index in [1.807, 2.05) is 29.1 Å². The zero-order chi connectivity index (χ0) is 13.0. The van der Waals surface area contributed by atoms with Gasteiger partial charge in [0.25, 0.3) is 0 Å². The van der Waals surface area contributed by atoms with E-state index in [9.17, 15) is 8.42 Å². The maximum Gasteiger partial charge on any atom is 0.241 e. The molecule has 1 heterocycles. The number of nitrogens with one attached hydrogen (secondary N) is 1. The molecule has 18 heavy (non-hydrogen) atoms. The van der Waals surface area contributed by atoms with Gasteiger partial charge in [0.05, 0.1) is 4.90 Å². The first-order valence-electron chi connectivity index (χ1n) is 5.44. The molecule has 0 saturated carbocycles. The van der Waals surface area contributed by atoms with Crippen LogP contribution >= 0.6 is 15.9 Å². The van der Waals surface area contributed by atoms with Gasteiger partial charge in [-0.25, -0.2) is 13.1 Å². The summed E-state index contributed by atoms with van der Waals surface area (Å²) in [5.41, 5.74) is 0. The largest absolute Gasteiger partial charge is 0.353 e. The Kier molecular flexibility index (Phi) is 4.21. The van der Waals surface area contributed by atoms with Crippen LogP contribution in [0.15, 0.2) is 58.2 Å². The second-order valence-electron chi connectivity index (χ2n) is 3.75. The van der Waals surface area contributed by atoms with Gasteiger partial charge in [0, 0.05) is 30.0 Å². The number of hydrogen-bond donors (Lipinski definition) is 1. The van der Waals surface area contributed by atoms with E-state index in [0.717, 1.165) is 0 Å². The molecule has 0 saturated heterocycles. The Morgan fingerprint density at radius 2 is 1.78 bits per heavy atom. The minimum atomic E-state index is -3.45. The lowest BCUT2D eigenvalue weighted by atomic mass is 10.4. The number of rotatable bonds is 5. The van der Waals surface area contributed by atoms with E-state index < -0.39 is 10.0 Å². The molecule has 1 N–H and O–H groups in total. The lowest BCUT2D eigenvalue weighted by Gasteiger charge is -2.08. The summed E-state index contributed by atoms with van der Waals surface area (Å²) in [7, 11) is -3.45. The molecule has 0 aliphatic heterocycles. The molecule has 0 fully saturated rings. The monoisotopic (exact) mass is 328 g/mol. The molecule has 0 radical (unpaired) electrons. The SMILES string of the molecule is O=S(=O)(NCCn1cccc1)c1ccccc1Br. The molecule has 0 aliphatic carbocycles. The molecule has 0 aliphatic rings. The van der Waals surface area contributed by atoms with Crippen molar-refractivity contribution >= 4 is 26.0 Å². The van der Waals surface area contributed by atoms with Gasteiger partial charge in [0.2, 0.25) is 10.0 Å². The van der Waals surface area contributed by atoms with Gasteiger partial charge in [0.1, 0.15) is 0 Å². The van der Waals surface area contributed by atoms with E-state index in [0.29, 0.717) is 17.6 Å². The molecular formula is C12H13BrN2O2S. The van der Waals surface area contributed by atoms with Crippen LogP contribution in [0.3, 0.4) is 0 Å². The van der Waals surface area contributed by atoms with Gasteiger partial charge in [-0.05, 0) is 40.2 Å². The van der Waals surface area contributed by atoms with E-state index in [2.05, 4.69) is 20.7 Å². The third kappa shape index (κ3) is 3.22. The van der Waals surface area contributed by atoms with Crippen LogP contribution in [0.1, 0.15) is 0 Å². The normalized spacial score (nSPS) is 11.6. The zero-order valence-corrected chi connectivity index (χ0v) is 12.0. The van der Waals surface area contributed by atoms with E-state index in [1.165, 1.54) is 0 Å². The summed E-state index contributed by atoms with van der Waals surface area (Å²) in [4.78, 5) is 0.262. The Labute approximate surface area is 115 Å². The minimum Gasteiger partial charge on any atom is -0.353 e. The molecule has 96 valence electrons. The quantitative estimate of drug-likeness (QED) is 0.915. The zero-order valence-electron chi connectivity index (χ0n) is 9.58. The first-order valence-corrected chi connectivity index (χ1v) is 7.72. The van der Waals surface area contributed by atoms with Crippen molar-refractivity contribution in [2.75, 3.05) is 6.54 Å². The van der Waals surface area contributed by atoms with Gasteiger partial charge in [0.15, 0.2) is 0 Å². The average molecular weight is 329 g/mol. The van der Waals surface area contributed by atoms with Crippen LogP contribution in [0.25, 0.3) is 0 Å². The Bertz CT molecular complexity index is 609. The fraction of sp³-hybridized carbons (Fsp3) is 0.167. The maximum absolute atomic E-state index is 12.0. The molecule has 1 aromatic heterocycles. The van der Waals surface area contributed by atoms with Gasteiger partial charge in [-0.15, -0.1) is 0 Å². The molecule has 1 aromatic carbocycles. The van der Waals surface area contributed by atoms with Crippen molar-refractivity contribution < 1.29 is 8.42 Å². The topological polar surface area (TPSA) is 51.1 Å². The molecule has 0 unspecified atom stereocenters. The lowest BCUT2D eigenvalue weighted by molar-refractivity contribution is 0.572. The third-order valence-electron chi connectivity index (χ3n) is 2.45. The molecule has 0 atom stereocenters. The Morgan fingerprint density at radius 3 is 2.44 bits per heavy atom. The van der Waals surface area contributed by atoms with Crippen LogP contribution in [0.5, 0.6) is 0 Å². The van der Waals surface area contributed by atoms with Gasteiger partial charge < -0.3 is 4.57 Å². The number of aromatic nitrogens is 1. The highest BCUT2D eigenvalue weighted by Crippen LogP contribution is 2.20. The predicted octanol–water partition coefficient (Wildman–Crippen LogP) is 2.23. The number of hydrogen-bond acceptors (Lipinski definition) is 2. The lowest BCUT2D eigenvalue weighted by Crippen LogP contribution is -2.27. The summed E-state index contributed by atoms with van der Waals surface area (Å²) in [6.07, 6.45) is 3.79. The number of nitrogens with zero attached hydrogens (tertiary/aromatic N) is 1. The summed E-state index contributed by atoms with van der Waals surface area (Å²) in [5, 5.41) is 0. The minimum absolute atomic E-state index is 0.262. The van der Waals surface area contributed by atoms with Crippen molar-refractivity contribution in [1.29, 1.82) is 0 Å². The maximum atomic E-state index is 12.0. The van der Waals surface area contributed by atoms with Crippen LogP contribution in [0, 0.1) is 0 Å².